The summed E-state index contributed by atoms with van der Waals surface area (Å²) in [7, 11) is 0. The van der Waals surface area contributed by atoms with Crippen LogP contribution in [-0.2, 0) is 6.18 Å². The highest BCUT2D eigenvalue weighted by Gasteiger charge is 2.31. The van der Waals surface area contributed by atoms with Gasteiger partial charge in [0.2, 0.25) is 0 Å². The number of aryl methyl sites for hydroxylation is 1. The summed E-state index contributed by atoms with van der Waals surface area (Å²) in [6.07, 6.45) is -4.40. The fourth-order valence-corrected chi connectivity index (χ4v) is 2.24. The highest BCUT2D eigenvalue weighted by molar-refractivity contribution is 7.15. The molecule has 0 fully saturated rings. The second-order valence-electron chi connectivity index (χ2n) is 3.57. The van der Waals surface area contributed by atoms with Crippen LogP contribution in [-0.4, -0.2) is 4.98 Å². The number of alkyl halides is 3. The van der Waals surface area contributed by atoms with Crippen LogP contribution >= 0.6 is 11.3 Å². The number of anilines is 1. The minimum atomic E-state index is -4.40. The van der Waals surface area contributed by atoms with E-state index in [0.717, 1.165) is 17.0 Å². The molecule has 2 aromatic heterocycles. The predicted octanol–water partition coefficient (Wildman–Crippen LogP) is 3.72. The van der Waals surface area contributed by atoms with Crippen LogP contribution in [0.25, 0.3) is 10.6 Å². The smallest absolute Gasteiger partial charge is 0.384 e. The molecular weight excluding hydrogens is 249 g/mol. The summed E-state index contributed by atoms with van der Waals surface area (Å²) >= 11 is 1.38. The highest BCUT2D eigenvalue weighted by atomic mass is 32.1. The summed E-state index contributed by atoms with van der Waals surface area (Å²) in [4.78, 5) is 5.61. The van der Waals surface area contributed by atoms with Crippen molar-refractivity contribution in [2.75, 3.05) is 5.73 Å². The normalized spacial score (nSPS) is 11.8. The summed E-state index contributed by atoms with van der Waals surface area (Å²) in [5, 5.41) is 0. The molecule has 6 heteroatoms. The van der Waals surface area contributed by atoms with Gasteiger partial charge in [-0.25, -0.2) is 4.98 Å². The Morgan fingerprint density at radius 3 is 2.47 bits per heavy atom. The van der Waals surface area contributed by atoms with E-state index in [9.17, 15) is 13.2 Å². The quantitative estimate of drug-likeness (QED) is 0.846. The van der Waals surface area contributed by atoms with Crippen molar-refractivity contribution in [3.05, 3.63) is 34.7 Å². The first kappa shape index (κ1) is 11.9. The predicted molar refractivity (Wildman–Crippen MR) is 61.7 cm³/mol. The largest absolute Gasteiger partial charge is 0.416 e. The number of hydrogen-bond acceptors (Lipinski definition) is 3. The molecule has 0 spiro atoms. The van der Waals surface area contributed by atoms with Crippen molar-refractivity contribution in [1.29, 1.82) is 0 Å². The first-order valence-electron chi connectivity index (χ1n) is 4.78. The number of hydrogen-bond donors (Lipinski definition) is 1. The second-order valence-corrected chi connectivity index (χ2v) is 4.86. The lowest BCUT2D eigenvalue weighted by Crippen LogP contribution is -2.07. The van der Waals surface area contributed by atoms with Crippen LogP contribution in [0.5, 0.6) is 0 Å². The van der Waals surface area contributed by atoms with Crippen molar-refractivity contribution in [1.82, 2.24) is 4.98 Å². The van der Waals surface area contributed by atoms with Gasteiger partial charge in [-0.3, -0.25) is 0 Å². The molecule has 90 valence electrons. The van der Waals surface area contributed by atoms with Gasteiger partial charge in [-0.15, -0.1) is 11.3 Å². The molecule has 0 saturated heterocycles. The molecular formula is C11H9F3N2S. The van der Waals surface area contributed by atoms with Gasteiger partial charge in [0.05, 0.1) is 16.1 Å². The molecule has 0 atom stereocenters. The third-order valence-electron chi connectivity index (χ3n) is 2.17. The van der Waals surface area contributed by atoms with Crippen LogP contribution in [0.2, 0.25) is 0 Å². The van der Waals surface area contributed by atoms with Crippen molar-refractivity contribution in [3.8, 4) is 10.6 Å². The Kier molecular flexibility index (Phi) is 2.82. The van der Waals surface area contributed by atoms with E-state index in [4.69, 9.17) is 5.73 Å². The van der Waals surface area contributed by atoms with E-state index >= 15 is 0 Å². The van der Waals surface area contributed by atoms with Crippen LogP contribution in [0.15, 0.2) is 24.3 Å². The van der Waals surface area contributed by atoms with Crippen molar-refractivity contribution in [2.45, 2.75) is 13.1 Å². The first-order chi connectivity index (χ1) is 7.86. The van der Waals surface area contributed by atoms with E-state index in [2.05, 4.69) is 4.98 Å². The molecule has 0 unspecified atom stereocenters. The number of nitrogens with zero attached hydrogens (tertiary/aromatic N) is 1. The molecule has 0 aliphatic carbocycles. The second kappa shape index (κ2) is 4.03. The van der Waals surface area contributed by atoms with Crippen LogP contribution in [0.3, 0.4) is 0 Å². The third kappa shape index (κ3) is 2.58. The van der Waals surface area contributed by atoms with Crippen molar-refractivity contribution in [3.63, 3.8) is 0 Å². The summed E-state index contributed by atoms with van der Waals surface area (Å²) in [6.45, 7) is 1.88. The molecule has 0 aliphatic heterocycles. The monoisotopic (exact) mass is 258 g/mol. The molecule has 0 radical (unpaired) electrons. The fourth-order valence-electron chi connectivity index (χ4n) is 1.41. The molecule has 2 rings (SSSR count). The molecule has 0 aromatic carbocycles. The summed E-state index contributed by atoms with van der Waals surface area (Å²) in [6, 6.07) is 5.42. The number of aromatic nitrogens is 1. The average molecular weight is 258 g/mol. The van der Waals surface area contributed by atoms with Gasteiger partial charge in [0.25, 0.3) is 0 Å². The van der Waals surface area contributed by atoms with E-state index in [0.29, 0.717) is 4.88 Å². The van der Waals surface area contributed by atoms with Crippen molar-refractivity contribution >= 4 is 17.2 Å². The lowest BCUT2D eigenvalue weighted by molar-refractivity contribution is -0.137. The maximum absolute atomic E-state index is 12.6. The maximum atomic E-state index is 12.6. The SMILES string of the molecule is Cc1ccc(-c2cc(C(F)(F)F)cc(N)n2)s1. The van der Waals surface area contributed by atoms with Gasteiger partial charge in [-0.1, -0.05) is 0 Å². The van der Waals surface area contributed by atoms with Crippen LogP contribution in [0, 0.1) is 6.92 Å². The Labute approximate surface area is 99.9 Å². The highest BCUT2D eigenvalue weighted by Crippen LogP contribution is 2.34. The molecule has 2 nitrogen and oxygen atoms in total. The van der Waals surface area contributed by atoms with E-state index in [-0.39, 0.29) is 11.5 Å². The maximum Gasteiger partial charge on any atom is 0.416 e. The molecule has 2 aromatic rings. The Balaban J connectivity index is 2.52. The summed E-state index contributed by atoms with van der Waals surface area (Å²) < 4.78 is 37.8. The van der Waals surface area contributed by atoms with Crippen LogP contribution < -0.4 is 5.73 Å². The van der Waals surface area contributed by atoms with Gasteiger partial charge >= 0.3 is 6.18 Å². The minimum absolute atomic E-state index is 0.124. The van der Waals surface area contributed by atoms with Gasteiger partial charge < -0.3 is 5.73 Å². The Morgan fingerprint density at radius 2 is 1.94 bits per heavy atom. The van der Waals surface area contributed by atoms with Crippen LogP contribution in [0.4, 0.5) is 19.0 Å². The number of halogens is 3. The van der Waals surface area contributed by atoms with E-state index in [1.54, 1.807) is 6.07 Å². The zero-order chi connectivity index (χ0) is 12.6. The minimum Gasteiger partial charge on any atom is -0.384 e. The zero-order valence-corrected chi connectivity index (χ0v) is 9.69. The van der Waals surface area contributed by atoms with E-state index in [1.165, 1.54) is 11.3 Å². The number of nitrogens with two attached hydrogens (primary N) is 1. The molecule has 17 heavy (non-hydrogen) atoms. The number of rotatable bonds is 1. The number of nitrogen functional groups attached to an aromatic ring is 1. The summed E-state index contributed by atoms with van der Waals surface area (Å²) in [5.41, 5.74) is 4.88. The van der Waals surface area contributed by atoms with Crippen LogP contribution in [0.1, 0.15) is 10.4 Å². The Hall–Kier alpha value is -1.56. The average Bonchev–Trinajstić information content (AvgIpc) is 2.62. The zero-order valence-electron chi connectivity index (χ0n) is 8.88. The van der Waals surface area contributed by atoms with E-state index in [1.807, 2.05) is 13.0 Å². The Morgan fingerprint density at radius 1 is 1.24 bits per heavy atom. The van der Waals surface area contributed by atoms with Gasteiger partial charge in [-0.2, -0.15) is 13.2 Å². The molecule has 0 saturated carbocycles. The fraction of sp³-hybridized carbons (Fsp3) is 0.182. The molecule has 2 N–H and O–H groups in total. The molecule has 0 amide bonds. The van der Waals surface area contributed by atoms with Gasteiger partial charge in [0.15, 0.2) is 0 Å². The van der Waals surface area contributed by atoms with Gasteiger partial charge in [0, 0.05) is 4.88 Å². The van der Waals surface area contributed by atoms with Gasteiger partial charge in [-0.05, 0) is 31.2 Å². The first-order valence-corrected chi connectivity index (χ1v) is 5.59. The molecule has 0 aliphatic rings. The van der Waals surface area contributed by atoms with E-state index < -0.39 is 11.7 Å². The number of pyridine rings is 1. The third-order valence-corrected chi connectivity index (χ3v) is 3.19. The molecule has 2 heterocycles. The van der Waals surface area contributed by atoms with Gasteiger partial charge in [0.1, 0.15) is 5.82 Å². The molecule has 0 bridgehead atoms. The van der Waals surface area contributed by atoms with Crippen molar-refractivity contribution < 1.29 is 13.2 Å². The lowest BCUT2D eigenvalue weighted by Gasteiger charge is -2.08. The lowest BCUT2D eigenvalue weighted by atomic mass is 10.2. The number of thiophene rings is 1. The summed E-state index contributed by atoms with van der Waals surface area (Å²) in [5.74, 6) is -0.124. The Bertz CT molecular complexity index is 546. The topological polar surface area (TPSA) is 38.9 Å². The van der Waals surface area contributed by atoms with Crippen molar-refractivity contribution in [2.24, 2.45) is 0 Å². The standard InChI is InChI=1S/C11H9F3N2S/c1-6-2-3-9(17-6)8-4-7(11(12,13)14)5-10(15)16-8/h2-5H,1H3,(H2,15,16).